The summed E-state index contributed by atoms with van der Waals surface area (Å²) in [6, 6.07) is 5.17. The maximum Gasteiger partial charge on any atom is 0.262 e. The smallest absolute Gasteiger partial charge is 0.262 e. The summed E-state index contributed by atoms with van der Waals surface area (Å²) in [6.45, 7) is 3.07. The summed E-state index contributed by atoms with van der Waals surface area (Å²) in [6.07, 6.45) is 1.79. The van der Waals surface area contributed by atoms with Crippen LogP contribution in [0.4, 0.5) is 5.69 Å². The van der Waals surface area contributed by atoms with Crippen molar-refractivity contribution in [1.29, 1.82) is 0 Å². The average molecular weight is 358 g/mol. The van der Waals surface area contributed by atoms with Gasteiger partial charge in [-0.25, -0.2) is 0 Å². The summed E-state index contributed by atoms with van der Waals surface area (Å²) in [5.41, 5.74) is 1.04. The summed E-state index contributed by atoms with van der Waals surface area (Å²) in [5, 5.41) is 5.81. The number of piperidine rings is 1. The molecule has 8 heteroatoms. The molecule has 3 amide bonds. The number of benzene rings is 1. The highest BCUT2D eigenvalue weighted by atomic mass is 16.5. The van der Waals surface area contributed by atoms with Gasteiger partial charge in [0.25, 0.3) is 11.8 Å². The molecular weight excluding hydrogens is 336 g/mol. The van der Waals surface area contributed by atoms with Crippen LogP contribution in [0.1, 0.15) is 23.2 Å². The second kappa shape index (κ2) is 6.95. The molecule has 4 rings (SSSR count). The molecule has 3 aliphatic rings. The molecular formula is C18H22N4O4. The van der Waals surface area contributed by atoms with Crippen molar-refractivity contribution in [1.82, 2.24) is 15.1 Å². The molecule has 3 aliphatic heterocycles. The molecule has 0 spiro atoms. The quantitative estimate of drug-likeness (QED) is 0.780. The van der Waals surface area contributed by atoms with Crippen LogP contribution in [0.25, 0.3) is 0 Å². The number of hydrogen-bond donors (Lipinski definition) is 2. The number of piperazine rings is 1. The second-order valence-electron chi connectivity index (χ2n) is 6.86. The van der Waals surface area contributed by atoms with Crippen molar-refractivity contribution in [2.75, 3.05) is 44.6 Å². The number of rotatable bonds is 2. The van der Waals surface area contributed by atoms with Crippen LogP contribution in [0, 0.1) is 0 Å². The van der Waals surface area contributed by atoms with Crippen LogP contribution in [0.3, 0.4) is 0 Å². The molecule has 0 bridgehead atoms. The van der Waals surface area contributed by atoms with Gasteiger partial charge in [-0.15, -0.1) is 0 Å². The van der Waals surface area contributed by atoms with E-state index >= 15 is 0 Å². The summed E-state index contributed by atoms with van der Waals surface area (Å²) in [5.74, 6) is 0.366. The van der Waals surface area contributed by atoms with Gasteiger partial charge in [0, 0.05) is 37.8 Å². The van der Waals surface area contributed by atoms with E-state index < -0.39 is 0 Å². The third kappa shape index (κ3) is 3.24. The average Bonchev–Trinajstić information content (AvgIpc) is 2.67. The molecule has 3 heterocycles. The highest BCUT2D eigenvalue weighted by Gasteiger charge is 2.32. The first-order valence-electron chi connectivity index (χ1n) is 8.98. The van der Waals surface area contributed by atoms with Gasteiger partial charge in [0.15, 0.2) is 6.61 Å². The second-order valence-corrected chi connectivity index (χ2v) is 6.86. The fourth-order valence-electron chi connectivity index (χ4n) is 3.80. The summed E-state index contributed by atoms with van der Waals surface area (Å²) in [4.78, 5) is 40.3. The molecule has 0 saturated carbocycles. The van der Waals surface area contributed by atoms with Gasteiger partial charge in [-0.3, -0.25) is 14.4 Å². The SMILES string of the molecule is O=C1COc2ccc(C(=O)N3CCCC(N4CCNCC4=O)C3)cc2N1. The third-order valence-electron chi connectivity index (χ3n) is 5.11. The molecule has 1 aromatic carbocycles. The van der Waals surface area contributed by atoms with E-state index in [0.717, 1.165) is 19.4 Å². The molecule has 26 heavy (non-hydrogen) atoms. The fraction of sp³-hybridized carbons (Fsp3) is 0.500. The lowest BCUT2D eigenvalue weighted by Gasteiger charge is -2.41. The number of nitrogens with zero attached hydrogens (tertiary/aromatic N) is 2. The Balaban J connectivity index is 1.48. The van der Waals surface area contributed by atoms with Gasteiger partial charge >= 0.3 is 0 Å². The Hall–Kier alpha value is -2.61. The van der Waals surface area contributed by atoms with Gasteiger partial charge in [0.1, 0.15) is 5.75 Å². The third-order valence-corrected chi connectivity index (χ3v) is 5.11. The Morgan fingerprint density at radius 3 is 2.96 bits per heavy atom. The van der Waals surface area contributed by atoms with E-state index in [0.29, 0.717) is 43.2 Å². The Morgan fingerprint density at radius 1 is 1.23 bits per heavy atom. The topological polar surface area (TPSA) is 91.0 Å². The summed E-state index contributed by atoms with van der Waals surface area (Å²) >= 11 is 0. The van der Waals surface area contributed by atoms with Crippen LogP contribution >= 0.6 is 0 Å². The molecule has 1 aromatic rings. The number of amides is 3. The lowest BCUT2D eigenvalue weighted by Crippen LogP contribution is -2.57. The van der Waals surface area contributed by atoms with Crippen molar-refractivity contribution in [2.24, 2.45) is 0 Å². The Morgan fingerprint density at radius 2 is 2.12 bits per heavy atom. The van der Waals surface area contributed by atoms with E-state index in [9.17, 15) is 14.4 Å². The molecule has 0 aromatic heterocycles. The Bertz CT molecular complexity index is 751. The van der Waals surface area contributed by atoms with Gasteiger partial charge in [0.2, 0.25) is 5.91 Å². The number of carbonyl (C=O) groups excluding carboxylic acids is 3. The zero-order valence-electron chi connectivity index (χ0n) is 14.5. The molecule has 0 radical (unpaired) electrons. The first-order chi connectivity index (χ1) is 12.6. The predicted octanol–water partition coefficient (Wildman–Crippen LogP) is 0.0539. The zero-order valence-corrected chi connectivity index (χ0v) is 14.5. The maximum atomic E-state index is 12.9. The Kier molecular flexibility index (Phi) is 4.50. The Labute approximate surface area is 151 Å². The molecule has 2 fully saturated rings. The molecule has 2 N–H and O–H groups in total. The van der Waals surface area contributed by atoms with Gasteiger partial charge in [0.05, 0.1) is 12.2 Å². The number of fused-ring (bicyclic) bond motifs is 1. The minimum Gasteiger partial charge on any atom is -0.482 e. The van der Waals surface area contributed by atoms with Crippen LogP contribution in [0.15, 0.2) is 18.2 Å². The van der Waals surface area contributed by atoms with Crippen molar-refractivity contribution in [2.45, 2.75) is 18.9 Å². The van der Waals surface area contributed by atoms with Crippen LogP contribution in [-0.4, -0.2) is 72.9 Å². The zero-order chi connectivity index (χ0) is 18.1. The maximum absolute atomic E-state index is 12.9. The molecule has 1 unspecified atom stereocenters. The van der Waals surface area contributed by atoms with Gasteiger partial charge in [-0.05, 0) is 31.0 Å². The van der Waals surface area contributed by atoms with E-state index in [2.05, 4.69) is 10.6 Å². The molecule has 8 nitrogen and oxygen atoms in total. The number of nitrogens with one attached hydrogen (secondary N) is 2. The normalized spacial score (nSPS) is 23.2. The molecule has 2 saturated heterocycles. The van der Waals surface area contributed by atoms with E-state index in [4.69, 9.17) is 4.74 Å². The van der Waals surface area contributed by atoms with E-state index in [1.807, 2.05) is 4.90 Å². The van der Waals surface area contributed by atoms with Gasteiger partial charge < -0.3 is 25.2 Å². The molecule has 0 aliphatic carbocycles. The van der Waals surface area contributed by atoms with Crippen molar-refractivity contribution in [3.05, 3.63) is 23.8 Å². The lowest BCUT2D eigenvalue weighted by molar-refractivity contribution is -0.135. The van der Waals surface area contributed by atoms with E-state index in [1.54, 1.807) is 23.1 Å². The molecule has 1 atom stereocenters. The van der Waals surface area contributed by atoms with Crippen molar-refractivity contribution >= 4 is 23.4 Å². The first-order valence-corrected chi connectivity index (χ1v) is 8.98. The van der Waals surface area contributed by atoms with E-state index in [1.165, 1.54) is 0 Å². The number of ether oxygens (including phenoxy) is 1. The largest absolute Gasteiger partial charge is 0.482 e. The fourth-order valence-corrected chi connectivity index (χ4v) is 3.80. The highest BCUT2D eigenvalue weighted by molar-refractivity contribution is 6.00. The van der Waals surface area contributed by atoms with Crippen molar-refractivity contribution < 1.29 is 19.1 Å². The first kappa shape index (κ1) is 16.8. The van der Waals surface area contributed by atoms with Crippen LogP contribution in [0.2, 0.25) is 0 Å². The minimum atomic E-state index is -0.225. The summed E-state index contributed by atoms with van der Waals surface area (Å²) in [7, 11) is 0. The van der Waals surface area contributed by atoms with E-state index in [-0.39, 0.29) is 30.4 Å². The monoisotopic (exact) mass is 358 g/mol. The van der Waals surface area contributed by atoms with Gasteiger partial charge in [-0.2, -0.15) is 0 Å². The standard InChI is InChI=1S/C18H22N4O4/c23-16-11-26-15-4-3-12(8-14(15)20-16)18(25)21-6-1-2-13(10-21)22-7-5-19-9-17(22)24/h3-4,8,13,19H,1-2,5-7,9-11H2,(H,20,23). The summed E-state index contributed by atoms with van der Waals surface area (Å²) < 4.78 is 5.34. The highest BCUT2D eigenvalue weighted by Crippen LogP contribution is 2.29. The molecule has 138 valence electrons. The predicted molar refractivity (Wildman–Crippen MR) is 94.1 cm³/mol. The van der Waals surface area contributed by atoms with Crippen molar-refractivity contribution in [3.8, 4) is 5.75 Å². The van der Waals surface area contributed by atoms with Crippen LogP contribution in [-0.2, 0) is 9.59 Å². The number of hydrogen-bond acceptors (Lipinski definition) is 5. The van der Waals surface area contributed by atoms with Crippen LogP contribution in [0.5, 0.6) is 5.75 Å². The number of carbonyl (C=O) groups is 3. The van der Waals surface area contributed by atoms with Crippen LogP contribution < -0.4 is 15.4 Å². The minimum absolute atomic E-state index is 0.00712. The number of likely N-dealkylation sites (tertiary alicyclic amines) is 1. The lowest BCUT2D eigenvalue weighted by atomic mass is 10.0. The van der Waals surface area contributed by atoms with Crippen molar-refractivity contribution in [3.63, 3.8) is 0 Å². The number of anilines is 1. The van der Waals surface area contributed by atoms with Gasteiger partial charge in [-0.1, -0.05) is 0 Å².